The number of hydrogen-bond donors (Lipinski definition) is 0. The molecule has 0 saturated carbocycles. The second kappa shape index (κ2) is 5.09. The highest BCUT2D eigenvalue weighted by molar-refractivity contribution is 5.89. The summed E-state index contributed by atoms with van der Waals surface area (Å²) in [5.41, 5.74) is 2.04. The Bertz CT molecular complexity index is 579. The van der Waals surface area contributed by atoms with Gasteiger partial charge in [-0.3, -0.25) is 0 Å². The molecule has 0 unspecified atom stereocenters. The zero-order chi connectivity index (χ0) is 12.1. The van der Waals surface area contributed by atoms with Crippen LogP contribution in [0.4, 0.5) is 4.39 Å². The van der Waals surface area contributed by atoms with Crippen LogP contribution in [-0.4, -0.2) is 0 Å². The van der Waals surface area contributed by atoms with Gasteiger partial charge in [0.2, 0.25) is 0 Å². The first kappa shape index (κ1) is 11.1. The zero-order valence-corrected chi connectivity index (χ0v) is 9.10. The maximum Gasteiger partial charge on any atom is 0.123 e. The third-order valence-electron chi connectivity index (χ3n) is 2.36. The third kappa shape index (κ3) is 2.79. The minimum absolute atomic E-state index is 0.302. The van der Waals surface area contributed by atoms with Crippen molar-refractivity contribution in [2.24, 2.45) is 0 Å². The lowest BCUT2D eigenvalue weighted by Crippen LogP contribution is -1.82. The molecule has 0 aliphatic heterocycles. The molecular formula is C15H10FN. The van der Waals surface area contributed by atoms with E-state index in [4.69, 9.17) is 5.26 Å². The third-order valence-corrected chi connectivity index (χ3v) is 2.36. The second-order valence-electron chi connectivity index (χ2n) is 3.59. The van der Waals surface area contributed by atoms with E-state index in [1.807, 2.05) is 30.3 Å². The Morgan fingerprint density at radius 1 is 1.06 bits per heavy atom. The molecule has 1 nitrogen and oxygen atoms in total. The van der Waals surface area contributed by atoms with Crippen molar-refractivity contribution in [1.82, 2.24) is 0 Å². The topological polar surface area (TPSA) is 23.8 Å². The van der Waals surface area contributed by atoms with Gasteiger partial charge in [0, 0.05) is 0 Å². The van der Waals surface area contributed by atoms with Crippen molar-refractivity contribution >= 4 is 11.6 Å². The molecule has 0 aromatic heterocycles. The highest BCUT2D eigenvalue weighted by atomic mass is 19.1. The molecule has 0 saturated heterocycles. The molecule has 0 N–H and O–H groups in total. The van der Waals surface area contributed by atoms with Crippen LogP contribution in [-0.2, 0) is 0 Å². The van der Waals surface area contributed by atoms with Gasteiger partial charge in [0.25, 0.3) is 0 Å². The fourth-order valence-corrected chi connectivity index (χ4v) is 1.56. The molecule has 82 valence electrons. The molecule has 0 fully saturated rings. The molecule has 2 heteroatoms. The molecule has 0 heterocycles. The summed E-state index contributed by atoms with van der Waals surface area (Å²) in [6, 6.07) is 17.6. The van der Waals surface area contributed by atoms with Crippen LogP contribution in [0.5, 0.6) is 0 Å². The van der Waals surface area contributed by atoms with Gasteiger partial charge in [-0.25, -0.2) is 4.39 Å². The Balaban J connectivity index is 2.41. The van der Waals surface area contributed by atoms with Crippen molar-refractivity contribution < 1.29 is 4.39 Å². The van der Waals surface area contributed by atoms with E-state index in [2.05, 4.69) is 6.07 Å². The zero-order valence-electron chi connectivity index (χ0n) is 9.10. The minimum atomic E-state index is -0.302. The Hall–Kier alpha value is -2.40. The molecule has 2 rings (SSSR count). The molecule has 0 amide bonds. The van der Waals surface area contributed by atoms with Gasteiger partial charge < -0.3 is 0 Å². The molecule has 0 bridgehead atoms. The van der Waals surface area contributed by atoms with E-state index in [0.717, 1.165) is 5.56 Å². The van der Waals surface area contributed by atoms with Crippen molar-refractivity contribution in [1.29, 1.82) is 5.26 Å². The smallest absolute Gasteiger partial charge is 0.123 e. The summed E-state index contributed by atoms with van der Waals surface area (Å²) < 4.78 is 13.0. The van der Waals surface area contributed by atoms with E-state index in [1.165, 1.54) is 12.1 Å². The molecule has 0 aliphatic rings. The van der Waals surface area contributed by atoms with E-state index in [-0.39, 0.29) is 5.82 Å². The van der Waals surface area contributed by atoms with Crippen LogP contribution in [0, 0.1) is 17.1 Å². The van der Waals surface area contributed by atoms with Crippen molar-refractivity contribution in [2.75, 3.05) is 0 Å². The first-order valence-corrected chi connectivity index (χ1v) is 5.22. The van der Waals surface area contributed by atoms with Crippen LogP contribution >= 0.6 is 0 Å². The molecule has 2 aromatic rings. The van der Waals surface area contributed by atoms with Crippen LogP contribution in [0.15, 0.2) is 54.6 Å². The van der Waals surface area contributed by atoms with Crippen LogP contribution < -0.4 is 0 Å². The second-order valence-corrected chi connectivity index (χ2v) is 3.59. The standard InChI is InChI=1S/C15H10FN/c16-15-8-4-5-12(10-15)9-14(11-17)13-6-2-1-3-7-13/h1-10H. The van der Waals surface area contributed by atoms with Gasteiger partial charge in [-0.1, -0.05) is 42.5 Å². The molecule has 0 radical (unpaired) electrons. The number of rotatable bonds is 2. The number of nitriles is 1. The summed E-state index contributed by atoms with van der Waals surface area (Å²) in [5.74, 6) is -0.302. The predicted molar refractivity (Wildman–Crippen MR) is 66.3 cm³/mol. The summed E-state index contributed by atoms with van der Waals surface area (Å²) in [4.78, 5) is 0. The van der Waals surface area contributed by atoms with Crippen molar-refractivity contribution in [2.45, 2.75) is 0 Å². The summed E-state index contributed by atoms with van der Waals surface area (Å²) in [6.45, 7) is 0. The minimum Gasteiger partial charge on any atom is -0.207 e. The van der Waals surface area contributed by atoms with E-state index < -0.39 is 0 Å². The normalized spacial score (nSPS) is 10.9. The fraction of sp³-hybridized carbons (Fsp3) is 0. The van der Waals surface area contributed by atoms with Gasteiger partial charge in [0.1, 0.15) is 5.82 Å². The predicted octanol–water partition coefficient (Wildman–Crippen LogP) is 3.89. The number of nitrogens with zero attached hydrogens (tertiary/aromatic N) is 1. The van der Waals surface area contributed by atoms with Gasteiger partial charge in [-0.2, -0.15) is 5.26 Å². The quantitative estimate of drug-likeness (QED) is 0.559. The lowest BCUT2D eigenvalue weighted by Gasteiger charge is -1.99. The van der Waals surface area contributed by atoms with E-state index >= 15 is 0 Å². The van der Waals surface area contributed by atoms with Gasteiger partial charge in [0.05, 0.1) is 11.6 Å². The summed E-state index contributed by atoms with van der Waals surface area (Å²) >= 11 is 0. The maximum absolute atomic E-state index is 13.0. The van der Waals surface area contributed by atoms with E-state index in [0.29, 0.717) is 11.1 Å². The maximum atomic E-state index is 13.0. The van der Waals surface area contributed by atoms with Crippen molar-refractivity contribution in [3.8, 4) is 6.07 Å². The van der Waals surface area contributed by atoms with Crippen LogP contribution in [0.2, 0.25) is 0 Å². The Morgan fingerprint density at radius 3 is 2.47 bits per heavy atom. The Kier molecular flexibility index (Phi) is 3.32. The van der Waals surface area contributed by atoms with E-state index in [9.17, 15) is 4.39 Å². The fourth-order valence-electron chi connectivity index (χ4n) is 1.56. The SMILES string of the molecule is N#CC(=Cc1cccc(F)c1)c1ccccc1. The number of allylic oxidation sites excluding steroid dienone is 1. The first-order chi connectivity index (χ1) is 8.29. The number of hydrogen-bond acceptors (Lipinski definition) is 1. The lowest BCUT2D eigenvalue weighted by molar-refractivity contribution is 0.627. The van der Waals surface area contributed by atoms with Crippen LogP contribution in [0.1, 0.15) is 11.1 Å². The number of halogens is 1. The van der Waals surface area contributed by atoms with Crippen LogP contribution in [0.3, 0.4) is 0 Å². The molecule has 17 heavy (non-hydrogen) atoms. The Labute approximate surface area is 99.5 Å². The monoisotopic (exact) mass is 223 g/mol. The molecule has 0 aliphatic carbocycles. The van der Waals surface area contributed by atoms with Crippen molar-refractivity contribution in [3.63, 3.8) is 0 Å². The summed E-state index contributed by atoms with van der Waals surface area (Å²) in [6.07, 6.45) is 1.68. The molecule has 2 aromatic carbocycles. The summed E-state index contributed by atoms with van der Waals surface area (Å²) in [5, 5.41) is 9.10. The summed E-state index contributed by atoms with van der Waals surface area (Å²) in [7, 11) is 0. The largest absolute Gasteiger partial charge is 0.207 e. The van der Waals surface area contributed by atoms with Gasteiger partial charge in [0.15, 0.2) is 0 Å². The molecule has 0 atom stereocenters. The van der Waals surface area contributed by atoms with Gasteiger partial charge >= 0.3 is 0 Å². The average molecular weight is 223 g/mol. The van der Waals surface area contributed by atoms with Crippen LogP contribution in [0.25, 0.3) is 11.6 Å². The number of benzene rings is 2. The first-order valence-electron chi connectivity index (χ1n) is 5.22. The highest BCUT2D eigenvalue weighted by Crippen LogP contribution is 2.17. The molecule has 0 spiro atoms. The van der Waals surface area contributed by atoms with Crippen molar-refractivity contribution in [3.05, 3.63) is 71.5 Å². The Morgan fingerprint density at radius 2 is 1.82 bits per heavy atom. The van der Waals surface area contributed by atoms with Gasteiger partial charge in [-0.15, -0.1) is 0 Å². The van der Waals surface area contributed by atoms with Gasteiger partial charge in [-0.05, 0) is 29.3 Å². The average Bonchev–Trinajstić information content (AvgIpc) is 2.37. The van der Waals surface area contributed by atoms with E-state index in [1.54, 1.807) is 18.2 Å². The highest BCUT2D eigenvalue weighted by Gasteiger charge is 2.00. The molecular weight excluding hydrogens is 213 g/mol. The lowest BCUT2D eigenvalue weighted by atomic mass is 10.0.